The molecule has 0 saturated carbocycles. The quantitative estimate of drug-likeness (QED) is 0.655. The first kappa shape index (κ1) is 16.0. The number of hydrogen-bond donors (Lipinski definition) is 2. The smallest absolute Gasteiger partial charge is 0.271 e. The summed E-state index contributed by atoms with van der Waals surface area (Å²) < 4.78 is 5.16. The maximum Gasteiger partial charge on any atom is 0.271 e. The van der Waals surface area contributed by atoms with Crippen LogP contribution in [0.15, 0.2) is 53.6 Å². The number of amides is 1. The Labute approximate surface area is 133 Å². The van der Waals surface area contributed by atoms with Gasteiger partial charge in [0, 0.05) is 5.56 Å². The molecule has 2 rings (SSSR count). The highest BCUT2D eigenvalue weighted by Gasteiger charge is 2.05. The Kier molecular flexibility index (Phi) is 5.31. The van der Waals surface area contributed by atoms with Gasteiger partial charge in [0.1, 0.15) is 17.6 Å². The summed E-state index contributed by atoms with van der Waals surface area (Å²) in [7, 11) is 0. The predicted molar refractivity (Wildman–Crippen MR) is 85.3 cm³/mol. The Morgan fingerprint density at radius 2 is 2.00 bits per heavy atom. The second kappa shape index (κ2) is 7.61. The van der Waals surface area contributed by atoms with Gasteiger partial charge in [-0.25, -0.2) is 5.43 Å². The van der Waals surface area contributed by atoms with Crippen LogP contribution in [0.2, 0.25) is 0 Å². The van der Waals surface area contributed by atoms with Crippen LogP contribution in [0.5, 0.6) is 11.5 Å². The van der Waals surface area contributed by atoms with Crippen molar-refractivity contribution in [1.29, 1.82) is 5.26 Å². The van der Waals surface area contributed by atoms with Crippen LogP contribution in [-0.4, -0.2) is 23.3 Å². The molecule has 116 valence electrons. The average Bonchev–Trinajstić information content (AvgIpc) is 2.58. The number of nitriles is 1. The van der Waals surface area contributed by atoms with Crippen LogP contribution in [0, 0.1) is 11.3 Å². The minimum Gasteiger partial charge on any atom is -0.508 e. The number of hydrazone groups is 1. The van der Waals surface area contributed by atoms with Crippen LogP contribution in [0.3, 0.4) is 0 Å². The fraction of sp³-hybridized carbons (Fsp3) is 0.118. The van der Waals surface area contributed by atoms with E-state index in [-0.39, 0.29) is 12.4 Å². The summed E-state index contributed by atoms with van der Waals surface area (Å²) in [4.78, 5) is 11.9. The van der Waals surface area contributed by atoms with Gasteiger partial charge in [0.15, 0.2) is 6.61 Å². The Morgan fingerprint density at radius 1 is 1.26 bits per heavy atom. The first-order chi connectivity index (χ1) is 11.1. The molecule has 2 aromatic rings. The second-order valence-electron chi connectivity index (χ2n) is 4.66. The van der Waals surface area contributed by atoms with Crippen molar-refractivity contribution in [3.8, 4) is 17.6 Å². The molecule has 0 unspecified atom stereocenters. The number of ether oxygens (including phenoxy) is 1. The van der Waals surface area contributed by atoms with Crippen molar-refractivity contribution in [1.82, 2.24) is 5.43 Å². The molecule has 6 nitrogen and oxygen atoms in total. The number of rotatable bonds is 5. The summed E-state index contributed by atoms with van der Waals surface area (Å²) in [6.45, 7) is 1.75. The van der Waals surface area contributed by atoms with Crippen LogP contribution >= 0.6 is 0 Å². The number of phenolic OH excluding ortho intramolecular Hbond substituents is 1. The molecule has 0 aromatic heterocycles. The lowest BCUT2D eigenvalue weighted by Crippen LogP contribution is -2.19. The molecule has 0 aliphatic heterocycles. The Balaban J connectivity index is 2.02. The van der Waals surface area contributed by atoms with Crippen LogP contribution in [0.1, 0.15) is 22.8 Å². The molecule has 0 atom stereocenters. The van der Waals surface area contributed by atoms with Gasteiger partial charge in [-0.05, 0) is 55.0 Å². The zero-order chi connectivity index (χ0) is 16.7. The molecule has 0 saturated heterocycles. The number of nitrogens with zero attached hydrogens (tertiary/aromatic N) is 2. The third-order valence-corrected chi connectivity index (χ3v) is 3.01. The molecule has 23 heavy (non-hydrogen) atoms. The first-order valence-electron chi connectivity index (χ1n) is 6.84. The maximum absolute atomic E-state index is 11.9. The number of nitrogens with one attached hydrogen (secondary N) is 1. The highest BCUT2D eigenvalue weighted by atomic mass is 16.5. The van der Waals surface area contributed by atoms with E-state index in [1.807, 2.05) is 6.07 Å². The van der Waals surface area contributed by atoms with Crippen LogP contribution in [-0.2, 0) is 0 Å². The van der Waals surface area contributed by atoms with E-state index in [0.717, 1.165) is 5.56 Å². The molecule has 0 aliphatic rings. The van der Waals surface area contributed by atoms with Crippen molar-refractivity contribution in [3.63, 3.8) is 0 Å². The second-order valence-corrected chi connectivity index (χ2v) is 4.66. The van der Waals surface area contributed by atoms with E-state index in [4.69, 9.17) is 10.00 Å². The van der Waals surface area contributed by atoms with Crippen LogP contribution in [0.25, 0.3) is 0 Å². The lowest BCUT2D eigenvalue weighted by molar-refractivity contribution is 0.0954. The van der Waals surface area contributed by atoms with E-state index in [1.54, 1.807) is 43.3 Å². The number of phenols is 1. The van der Waals surface area contributed by atoms with Crippen molar-refractivity contribution in [2.24, 2.45) is 5.10 Å². The van der Waals surface area contributed by atoms with Gasteiger partial charge in [0.25, 0.3) is 5.91 Å². The van der Waals surface area contributed by atoms with Gasteiger partial charge >= 0.3 is 0 Å². The number of benzene rings is 2. The summed E-state index contributed by atoms with van der Waals surface area (Å²) in [5, 5.41) is 21.8. The predicted octanol–water partition coefficient (Wildman–Crippen LogP) is 2.45. The molecule has 0 radical (unpaired) electrons. The summed E-state index contributed by atoms with van der Waals surface area (Å²) in [5.41, 5.74) is 4.18. The molecule has 0 heterocycles. The monoisotopic (exact) mass is 309 g/mol. The van der Waals surface area contributed by atoms with E-state index in [1.165, 1.54) is 12.1 Å². The third kappa shape index (κ3) is 4.58. The summed E-state index contributed by atoms with van der Waals surface area (Å²) in [5.74, 6) is 0.201. The highest BCUT2D eigenvalue weighted by Crippen LogP contribution is 2.13. The molecule has 0 bridgehead atoms. The largest absolute Gasteiger partial charge is 0.508 e. The fourth-order valence-corrected chi connectivity index (χ4v) is 1.82. The third-order valence-electron chi connectivity index (χ3n) is 3.01. The summed E-state index contributed by atoms with van der Waals surface area (Å²) >= 11 is 0. The normalized spacial score (nSPS) is 10.7. The molecule has 6 heteroatoms. The number of aromatic hydroxyl groups is 1. The summed E-state index contributed by atoms with van der Waals surface area (Å²) in [6, 6.07) is 14.9. The number of carbonyl (C=O) groups excluding carboxylic acids is 1. The zero-order valence-electron chi connectivity index (χ0n) is 12.5. The lowest BCUT2D eigenvalue weighted by atomic mass is 10.1. The van der Waals surface area contributed by atoms with Gasteiger partial charge < -0.3 is 9.84 Å². The van der Waals surface area contributed by atoms with Gasteiger partial charge in [-0.2, -0.15) is 10.4 Å². The van der Waals surface area contributed by atoms with E-state index in [9.17, 15) is 9.90 Å². The maximum atomic E-state index is 11.9. The highest BCUT2D eigenvalue weighted by molar-refractivity contribution is 6.01. The van der Waals surface area contributed by atoms with E-state index >= 15 is 0 Å². The number of hydrogen-bond acceptors (Lipinski definition) is 5. The van der Waals surface area contributed by atoms with Gasteiger partial charge in [-0.1, -0.05) is 6.07 Å². The SMILES string of the molecule is C/C(=N/NC(=O)c1cccc(O)c1)c1ccc(OCC#N)cc1. The lowest BCUT2D eigenvalue weighted by Gasteiger charge is -2.05. The minimum absolute atomic E-state index is 0.00754. The van der Waals surface area contributed by atoms with Gasteiger partial charge in [0.2, 0.25) is 0 Å². The standard InChI is InChI=1S/C17H15N3O3/c1-12(13-5-7-16(8-6-13)23-10-9-18)19-20-17(22)14-3-2-4-15(21)11-14/h2-8,11,21H,10H2,1H3,(H,20,22)/b19-12-. The Morgan fingerprint density at radius 3 is 2.65 bits per heavy atom. The van der Waals surface area contributed by atoms with E-state index in [0.29, 0.717) is 17.0 Å². The molecule has 2 aromatic carbocycles. The topological polar surface area (TPSA) is 94.7 Å². The van der Waals surface area contributed by atoms with Crippen molar-refractivity contribution < 1.29 is 14.6 Å². The average molecular weight is 309 g/mol. The van der Waals surface area contributed by atoms with Crippen molar-refractivity contribution in [2.75, 3.05) is 6.61 Å². The van der Waals surface area contributed by atoms with Gasteiger partial charge in [-0.3, -0.25) is 4.79 Å². The van der Waals surface area contributed by atoms with Crippen molar-refractivity contribution >= 4 is 11.6 Å². The molecule has 0 fully saturated rings. The van der Waals surface area contributed by atoms with Crippen molar-refractivity contribution in [2.45, 2.75) is 6.92 Å². The minimum atomic E-state index is -0.408. The molecule has 2 N–H and O–H groups in total. The molecular weight excluding hydrogens is 294 g/mol. The molecular formula is C17H15N3O3. The van der Waals surface area contributed by atoms with Gasteiger partial charge in [-0.15, -0.1) is 0 Å². The number of carbonyl (C=O) groups is 1. The summed E-state index contributed by atoms with van der Waals surface area (Å²) in [6.07, 6.45) is 0. The first-order valence-corrected chi connectivity index (χ1v) is 6.84. The van der Waals surface area contributed by atoms with E-state index in [2.05, 4.69) is 10.5 Å². The molecule has 1 amide bonds. The van der Waals surface area contributed by atoms with Crippen LogP contribution in [0.4, 0.5) is 0 Å². The zero-order valence-corrected chi connectivity index (χ0v) is 12.5. The Bertz CT molecular complexity index is 761. The molecule has 0 aliphatic carbocycles. The Hall–Kier alpha value is -3.33. The van der Waals surface area contributed by atoms with E-state index < -0.39 is 5.91 Å². The van der Waals surface area contributed by atoms with Crippen LogP contribution < -0.4 is 10.2 Å². The molecule has 0 spiro atoms. The van der Waals surface area contributed by atoms with Gasteiger partial charge in [0.05, 0.1) is 5.71 Å². The fourth-order valence-electron chi connectivity index (χ4n) is 1.82. The van der Waals surface area contributed by atoms with Crippen molar-refractivity contribution in [3.05, 3.63) is 59.7 Å².